The van der Waals surface area contributed by atoms with Gasteiger partial charge in [-0.1, -0.05) is 0 Å². The van der Waals surface area contributed by atoms with Gasteiger partial charge in [0.1, 0.15) is 5.82 Å². The minimum absolute atomic E-state index is 0. The van der Waals surface area contributed by atoms with Crippen LogP contribution in [0, 0.1) is 0 Å². The Kier molecular flexibility index (Phi) is 9.24. The van der Waals surface area contributed by atoms with E-state index in [1.165, 1.54) is 0 Å². The van der Waals surface area contributed by atoms with Gasteiger partial charge < -0.3 is 20.7 Å². The van der Waals surface area contributed by atoms with Crippen molar-refractivity contribution in [2.75, 3.05) is 43.1 Å². The maximum atomic E-state index is 11.3. The number of carbonyl (C=O) groups excluding carboxylic acids is 1. The number of ether oxygens (including phenoxy) is 1. The number of nitrogens with one attached hydrogen (secondary N) is 1. The molecule has 0 atom stereocenters. The lowest BCUT2D eigenvalue weighted by atomic mass is 10.3. The summed E-state index contributed by atoms with van der Waals surface area (Å²) in [4.78, 5) is 17.8. The Morgan fingerprint density at radius 3 is 2.60 bits per heavy atom. The highest BCUT2D eigenvalue weighted by Crippen LogP contribution is 2.16. The highest BCUT2D eigenvalue weighted by molar-refractivity contribution is 5.89. The molecule has 0 aliphatic carbocycles. The molecule has 0 radical (unpaired) electrons. The summed E-state index contributed by atoms with van der Waals surface area (Å²) in [6.07, 6.45) is 2.08. The number of hydrogen-bond acceptors (Lipinski definition) is 5. The monoisotopic (exact) mass is 322 g/mol. The molecule has 6 nitrogen and oxygen atoms in total. The minimum Gasteiger partial charge on any atom is -0.378 e. The third-order valence-electron chi connectivity index (χ3n) is 2.76. The molecule has 0 spiro atoms. The zero-order chi connectivity index (χ0) is 12.8. The third kappa shape index (κ3) is 5.50. The number of hydrogen-bond donors (Lipinski definition) is 2. The predicted octanol–water partition coefficient (Wildman–Crippen LogP) is 1.05. The summed E-state index contributed by atoms with van der Waals surface area (Å²) in [6, 6.07) is 3.76. The van der Waals surface area contributed by atoms with E-state index in [9.17, 15) is 4.79 Å². The molecular formula is C12H20Cl2N4O2. The van der Waals surface area contributed by atoms with E-state index in [1.807, 2.05) is 6.07 Å². The molecule has 114 valence electrons. The van der Waals surface area contributed by atoms with Crippen LogP contribution in [-0.2, 0) is 9.53 Å². The van der Waals surface area contributed by atoms with Crippen molar-refractivity contribution in [3.8, 4) is 0 Å². The molecule has 1 aromatic heterocycles. The van der Waals surface area contributed by atoms with E-state index in [0.717, 1.165) is 32.0 Å². The zero-order valence-electron chi connectivity index (χ0n) is 11.1. The first-order valence-corrected chi connectivity index (χ1v) is 6.08. The molecular weight excluding hydrogens is 303 g/mol. The number of halogens is 2. The SMILES string of the molecule is Cl.Cl.NCCC(=O)Nc1ccc(N2CCOCC2)cn1. The summed E-state index contributed by atoms with van der Waals surface area (Å²) in [5.41, 5.74) is 6.36. The van der Waals surface area contributed by atoms with Gasteiger partial charge in [0.25, 0.3) is 0 Å². The molecule has 2 heterocycles. The number of aromatic nitrogens is 1. The van der Waals surface area contributed by atoms with Gasteiger partial charge >= 0.3 is 0 Å². The standard InChI is InChI=1S/C12H18N4O2.2ClH/c13-4-3-12(17)15-11-2-1-10(9-14-11)16-5-7-18-8-6-16;;/h1-2,9H,3-8,13H2,(H,14,15,17);2*1H. The molecule has 1 aromatic rings. The van der Waals surface area contributed by atoms with Crippen LogP contribution in [0.3, 0.4) is 0 Å². The van der Waals surface area contributed by atoms with Crippen LogP contribution < -0.4 is 16.0 Å². The van der Waals surface area contributed by atoms with Gasteiger partial charge in [-0.2, -0.15) is 0 Å². The van der Waals surface area contributed by atoms with E-state index in [1.54, 1.807) is 12.3 Å². The maximum absolute atomic E-state index is 11.3. The fourth-order valence-electron chi connectivity index (χ4n) is 1.81. The van der Waals surface area contributed by atoms with Crippen LogP contribution in [0.1, 0.15) is 6.42 Å². The number of amides is 1. The molecule has 0 saturated carbocycles. The molecule has 1 fully saturated rings. The Bertz CT molecular complexity index is 397. The minimum atomic E-state index is -0.107. The summed E-state index contributed by atoms with van der Waals surface area (Å²) in [5, 5.41) is 2.70. The molecule has 8 heteroatoms. The molecule has 1 amide bonds. The second kappa shape index (κ2) is 9.77. The Hall–Kier alpha value is -1.08. The number of rotatable bonds is 4. The van der Waals surface area contributed by atoms with Crippen molar-refractivity contribution in [2.45, 2.75) is 6.42 Å². The predicted molar refractivity (Wildman–Crippen MR) is 84.1 cm³/mol. The highest BCUT2D eigenvalue weighted by atomic mass is 35.5. The van der Waals surface area contributed by atoms with E-state index >= 15 is 0 Å². The largest absolute Gasteiger partial charge is 0.378 e. The first-order chi connectivity index (χ1) is 8.79. The van der Waals surface area contributed by atoms with Crippen molar-refractivity contribution >= 4 is 42.2 Å². The summed E-state index contributed by atoms with van der Waals surface area (Å²) in [5.74, 6) is 0.453. The quantitative estimate of drug-likeness (QED) is 0.866. The van der Waals surface area contributed by atoms with Crippen molar-refractivity contribution in [3.05, 3.63) is 18.3 Å². The third-order valence-corrected chi connectivity index (χ3v) is 2.76. The average molecular weight is 323 g/mol. The first kappa shape index (κ1) is 18.9. The van der Waals surface area contributed by atoms with E-state index in [4.69, 9.17) is 10.5 Å². The molecule has 2 rings (SSSR count). The molecule has 0 unspecified atom stereocenters. The Labute approximate surface area is 130 Å². The fourth-order valence-corrected chi connectivity index (χ4v) is 1.81. The molecule has 0 bridgehead atoms. The number of carbonyl (C=O) groups is 1. The van der Waals surface area contributed by atoms with Gasteiger partial charge in [-0.15, -0.1) is 24.8 Å². The number of morpholine rings is 1. The molecule has 20 heavy (non-hydrogen) atoms. The molecule has 0 aromatic carbocycles. The van der Waals surface area contributed by atoms with Gasteiger partial charge in [-0.3, -0.25) is 4.79 Å². The van der Waals surface area contributed by atoms with Crippen molar-refractivity contribution < 1.29 is 9.53 Å². The van der Waals surface area contributed by atoms with Crippen LogP contribution in [-0.4, -0.2) is 43.7 Å². The topological polar surface area (TPSA) is 80.5 Å². The summed E-state index contributed by atoms with van der Waals surface area (Å²) in [6.45, 7) is 3.59. The summed E-state index contributed by atoms with van der Waals surface area (Å²) in [7, 11) is 0. The van der Waals surface area contributed by atoms with Crippen LogP contribution in [0.2, 0.25) is 0 Å². The number of nitrogens with two attached hydrogens (primary N) is 1. The lowest BCUT2D eigenvalue weighted by Gasteiger charge is -2.28. The van der Waals surface area contributed by atoms with Gasteiger partial charge in [0, 0.05) is 26.1 Å². The second-order valence-corrected chi connectivity index (χ2v) is 4.09. The van der Waals surface area contributed by atoms with Crippen LogP contribution >= 0.6 is 24.8 Å². The van der Waals surface area contributed by atoms with Crippen molar-refractivity contribution in [1.29, 1.82) is 0 Å². The smallest absolute Gasteiger partial charge is 0.226 e. The average Bonchev–Trinajstić information content (AvgIpc) is 2.41. The van der Waals surface area contributed by atoms with Crippen LogP contribution in [0.25, 0.3) is 0 Å². The second-order valence-electron chi connectivity index (χ2n) is 4.09. The van der Waals surface area contributed by atoms with Crippen LogP contribution in [0.5, 0.6) is 0 Å². The lowest BCUT2D eigenvalue weighted by Crippen LogP contribution is -2.36. The van der Waals surface area contributed by atoms with Gasteiger partial charge in [-0.25, -0.2) is 4.98 Å². The maximum Gasteiger partial charge on any atom is 0.226 e. The van der Waals surface area contributed by atoms with E-state index in [-0.39, 0.29) is 30.7 Å². The Balaban J connectivity index is 0.00000180. The van der Waals surface area contributed by atoms with Gasteiger partial charge in [-0.05, 0) is 12.1 Å². The van der Waals surface area contributed by atoms with Gasteiger partial charge in [0.15, 0.2) is 0 Å². The number of pyridine rings is 1. The van der Waals surface area contributed by atoms with Gasteiger partial charge in [0.2, 0.25) is 5.91 Å². The van der Waals surface area contributed by atoms with E-state index in [0.29, 0.717) is 18.8 Å². The first-order valence-electron chi connectivity index (χ1n) is 6.08. The van der Waals surface area contributed by atoms with E-state index < -0.39 is 0 Å². The van der Waals surface area contributed by atoms with Crippen molar-refractivity contribution in [2.24, 2.45) is 5.73 Å². The summed E-state index contributed by atoms with van der Waals surface area (Å²) < 4.78 is 5.29. The van der Waals surface area contributed by atoms with Gasteiger partial charge in [0.05, 0.1) is 25.1 Å². The van der Waals surface area contributed by atoms with Crippen LogP contribution in [0.15, 0.2) is 18.3 Å². The fraction of sp³-hybridized carbons (Fsp3) is 0.500. The molecule has 3 N–H and O–H groups in total. The van der Waals surface area contributed by atoms with E-state index in [2.05, 4.69) is 15.2 Å². The summed E-state index contributed by atoms with van der Waals surface area (Å²) >= 11 is 0. The van der Waals surface area contributed by atoms with Crippen LogP contribution in [0.4, 0.5) is 11.5 Å². The molecule has 1 aliphatic heterocycles. The molecule has 1 saturated heterocycles. The Morgan fingerprint density at radius 1 is 1.35 bits per heavy atom. The normalized spacial score (nSPS) is 13.9. The number of anilines is 2. The van der Waals surface area contributed by atoms with Crippen molar-refractivity contribution in [3.63, 3.8) is 0 Å². The van der Waals surface area contributed by atoms with Crippen molar-refractivity contribution in [1.82, 2.24) is 4.98 Å². The zero-order valence-corrected chi connectivity index (χ0v) is 12.7. The lowest BCUT2D eigenvalue weighted by molar-refractivity contribution is -0.116. The number of nitrogens with zero attached hydrogens (tertiary/aromatic N) is 2. The molecule has 1 aliphatic rings. The Morgan fingerprint density at radius 2 is 2.05 bits per heavy atom. The highest BCUT2D eigenvalue weighted by Gasteiger charge is 2.11.